The average Bonchev–Trinajstić information content (AvgIpc) is 2.75. The van der Waals surface area contributed by atoms with Gasteiger partial charge in [0.05, 0.1) is 19.8 Å². The molecule has 1 saturated heterocycles. The van der Waals surface area contributed by atoms with Gasteiger partial charge in [0.25, 0.3) is 0 Å². The Labute approximate surface area is 202 Å². The average molecular weight is 495 g/mol. The summed E-state index contributed by atoms with van der Waals surface area (Å²) in [6.07, 6.45) is 3.10. The number of hydrogen-bond acceptors (Lipinski definition) is 7. The Morgan fingerprint density at radius 2 is 1.65 bits per heavy atom. The van der Waals surface area contributed by atoms with Crippen LogP contribution in [0, 0.1) is 0 Å². The van der Waals surface area contributed by atoms with Crippen LogP contribution in [0.1, 0.15) is 22.8 Å². The van der Waals surface area contributed by atoms with E-state index in [0.717, 1.165) is 38.3 Å². The number of pyridine rings is 1. The zero-order valence-electron chi connectivity index (χ0n) is 17.9. The van der Waals surface area contributed by atoms with E-state index in [2.05, 4.69) is 21.7 Å². The minimum Gasteiger partial charge on any atom is -0.493 e. The molecule has 1 aromatic carbocycles. The van der Waals surface area contributed by atoms with Gasteiger partial charge in [0.15, 0.2) is 11.5 Å². The largest absolute Gasteiger partial charge is 0.493 e. The molecule has 0 spiro atoms. The van der Waals surface area contributed by atoms with E-state index in [-0.39, 0.29) is 37.2 Å². The quantitative estimate of drug-likeness (QED) is 0.429. The lowest BCUT2D eigenvalue weighted by molar-refractivity contribution is 0.0723. The Morgan fingerprint density at radius 3 is 2.19 bits per heavy atom. The van der Waals surface area contributed by atoms with Crippen molar-refractivity contribution in [3.63, 3.8) is 0 Å². The maximum absolute atomic E-state index is 12.6. The molecule has 174 valence electrons. The van der Waals surface area contributed by atoms with E-state index in [1.165, 1.54) is 6.20 Å². The molecular weight excluding hydrogens is 465 g/mol. The molecule has 1 fully saturated rings. The lowest BCUT2D eigenvalue weighted by atomic mass is 10.1. The molecule has 31 heavy (non-hydrogen) atoms. The van der Waals surface area contributed by atoms with Gasteiger partial charge in [-0.05, 0) is 24.7 Å². The van der Waals surface area contributed by atoms with Crippen molar-refractivity contribution in [2.75, 3.05) is 46.9 Å². The molecule has 0 N–H and O–H groups in total. The highest BCUT2D eigenvalue weighted by atomic mass is 35.5. The predicted octanol–water partition coefficient (Wildman–Crippen LogP) is 3.72. The minimum atomic E-state index is -0.475. The van der Waals surface area contributed by atoms with Gasteiger partial charge in [-0.2, -0.15) is 0 Å². The maximum atomic E-state index is 12.6. The number of nitrogens with zero attached hydrogens (tertiary/aromatic N) is 3. The normalized spacial score (nSPS) is 13.8. The predicted molar refractivity (Wildman–Crippen MR) is 128 cm³/mol. The molecular formula is C21H30Cl3N3O4. The molecule has 0 bridgehead atoms. The maximum Gasteiger partial charge on any atom is 0.345 e. The fraction of sp³-hybridized carbons (Fsp3) is 0.429. The van der Waals surface area contributed by atoms with E-state index in [0.29, 0.717) is 29.4 Å². The van der Waals surface area contributed by atoms with E-state index < -0.39 is 5.97 Å². The van der Waals surface area contributed by atoms with Gasteiger partial charge in [-0.15, -0.1) is 37.2 Å². The Kier molecular flexibility index (Phi) is 13.5. The zero-order valence-corrected chi connectivity index (χ0v) is 20.4. The summed E-state index contributed by atoms with van der Waals surface area (Å²) in [4.78, 5) is 21.4. The second-order valence-electron chi connectivity index (χ2n) is 6.63. The highest BCUT2D eigenvalue weighted by molar-refractivity contribution is 5.91. The summed E-state index contributed by atoms with van der Waals surface area (Å²) >= 11 is 0. The van der Waals surface area contributed by atoms with Crippen molar-refractivity contribution in [2.45, 2.75) is 13.5 Å². The van der Waals surface area contributed by atoms with Gasteiger partial charge in [-0.25, -0.2) is 4.79 Å². The molecule has 0 aliphatic carbocycles. The Morgan fingerprint density at radius 1 is 0.968 bits per heavy atom. The number of halogens is 3. The number of hydrogen-bond donors (Lipinski definition) is 0. The number of aromatic nitrogens is 1. The summed E-state index contributed by atoms with van der Waals surface area (Å²) in [6.45, 7) is 7.94. The number of piperazine rings is 1. The van der Waals surface area contributed by atoms with Crippen LogP contribution in [-0.4, -0.2) is 67.7 Å². The summed E-state index contributed by atoms with van der Waals surface area (Å²) in [6, 6.07) is 7.15. The van der Waals surface area contributed by atoms with Gasteiger partial charge in [0, 0.05) is 50.7 Å². The van der Waals surface area contributed by atoms with Crippen molar-refractivity contribution in [1.82, 2.24) is 14.8 Å². The summed E-state index contributed by atoms with van der Waals surface area (Å²) in [5.74, 6) is 0.866. The van der Waals surface area contributed by atoms with Gasteiger partial charge in [-0.3, -0.25) is 9.88 Å². The van der Waals surface area contributed by atoms with Crippen molar-refractivity contribution in [3.05, 3.63) is 47.8 Å². The molecule has 7 nitrogen and oxygen atoms in total. The van der Waals surface area contributed by atoms with Crippen LogP contribution in [0.25, 0.3) is 0 Å². The van der Waals surface area contributed by atoms with Crippen molar-refractivity contribution in [3.8, 4) is 17.2 Å². The zero-order chi connectivity index (χ0) is 19.9. The highest BCUT2D eigenvalue weighted by Crippen LogP contribution is 2.41. The summed E-state index contributed by atoms with van der Waals surface area (Å²) in [5.41, 5.74) is 1.27. The van der Waals surface area contributed by atoms with Crippen LogP contribution in [0.3, 0.4) is 0 Å². The van der Waals surface area contributed by atoms with E-state index in [9.17, 15) is 4.79 Å². The van der Waals surface area contributed by atoms with Crippen molar-refractivity contribution in [2.24, 2.45) is 0 Å². The smallest absolute Gasteiger partial charge is 0.345 e. The van der Waals surface area contributed by atoms with Crippen LogP contribution in [0.15, 0.2) is 36.7 Å². The fourth-order valence-corrected chi connectivity index (χ4v) is 3.32. The summed E-state index contributed by atoms with van der Waals surface area (Å²) in [7, 11) is 3.11. The monoisotopic (exact) mass is 493 g/mol. The second kappa shape index (κ2) is 14.3. The first kappa shape index (κ1) is 29.2. The Balaban J connectivity index is 0.00000300. The van der Waals surface area contributed by atoms with Gasteiger partial charge in [0.2, 0.25) is 5.75 Å². The van der Waals surface area contributed by atoms with Gasteiger partial charge < -0.3 is 19.1 Å². The first-order valence-corrected chi connectivity index (χ1v) is 9.47. The van der Waals surface area contributed by atoms with Crippen LogP contribution in [0.4, 0.5) is 0 Å². The highest BCUT2D eigenvalue weighted by Gasteiger charge is 2.23. The molecule has 1 aliphatic heterocycles. The van der Waals surface area contributed by atoms with E-state index in [1.807, 2.05) is 12.1 Å². The van der Waals surface area contributed by atoms with Gasteiger partial charge >= 0.3 is 5.97 Å². The first-order chi connectivity index (χ1) is 13.7. The minimum absolute atomic E-state index is 0. The van der Waals surface area contributed by atoms with Crippen molar-refractivity contribution >= 4 is 43.2 Å². The number of methoxy groups -OCH3 is 2. The van der Waals surface area contributed by atoms with Crippen LogP contribution in [0.2, 0.25) is 0 Å². The lowest BCUT2D eigenvalue weighted by Crippen LogP contribution is -2.45. The molecule has 0 unspecified atom stereocenters. The van der Waals surface area contributed by atoms with Crippen LogP contribution in [0.5, 0.6) is 17.2 Å². The number of carbonyl (C=O) groups excluding carboxylic acids is 1. The van der Waals surface area contributed by atoms with Crippen molar-refractivity contribution < 1.29 is 19.0 Å². The topological polar surface area (TPSA) is 64.1 Å². The molecule has 2 aromatic rings. The van der Waals surface area contributed by atoms with Gasteiger partial charge in [-0.1, -0.05) is 13.0 Å². The molecule has 1 aliphatic rings. The number of ether oxygens (including phenoxy) is 3. The molecule has 0 atom stereocenters. The number of esters is 1. The molecule has 3 rings (SSSR count). The number of rotatable bonds is 7. The SMILES string of the molecule is CCN1CCN(Cc2ccc(OC)c(OC)c2OC(=O)c2cccnc2)CC1.Cl.Cl.Cl. The van der Waals surface area contributed by atoms with E-state index in [1.54, 1.807) is 32.5 Å². The third-order valence-electron chi connectivity index (χ3n) is 4.98. The molecule has 2 heterocycles. The van der Waals surface area contributed by atoms with Crippen LogP contribution >= 0.6 is 37.2 Å². The number of likely N-dealkylation sites (N-methyl/N-ethyl adjacent to an activating group) is 1. The van der Waals surface area contributed by atoms with Crippen molar-refractivity contribution in [1.29, 1.82) is 0 Å². The Hall–Kier alpha value is -1.77. The summed E-state index contributed by atoms with van der Waals surface area (Å²) in [5, 5.41) is 0. The van der Waals surface area contributed by atoms with Gasteiger partial charge in [0.1, 0.15) is 0 Å². The first-order valence-electron chi connectivity index (χ1n) is 9.47. The molecule has 1 aromatic heterocycles. The molecule has 10 heteroatoms. The van der Waals surface area contributed by atoms with E-state index >= 15 is 0 Å². The third kappa shape index (κ3) is 7.40. The molecule has 0 amide bonds. The third-order valence-corrected chi connectivity index (χ3v) is 4.98. The lowest BCUT2D eigenvalue weighted by Gasteiger charge is -2.34. The summed E-state index contributed by atoms with van der Waals surface area (Å²) < 4.78 is 16.7. The Bertz CT molecular complexity index is 804. The fourth-order valence-electron chi connectivity index (χ4n) is 3.32. The number of benzene rings is 1. The second-order valence-corrected chi connectivity index (χ2v) is 6.63. The molecule has 0 radical (unpaired) electrons. The standard InChI is InChI=1S/C21H27N3O4.3ClH/c1-4-23-10-12-24(13-11-23)15-17-7-8-18(26-2)20(27-3)19(17)28-21(25)16-6-5-9-22-14-16;;;/h5-9,14H,4,10-13,15H2,1-3H3;3*1H. The molecule has 0 saturated carbocycles. The van der Waals surface area contributed by atoms with Crippen LogP contribution in [-0.2, 0) is 6.54 Å². The number of carbonyl (C=O) groups is 1. The van der Waals surface area contributed by atoms with E-state index in [4.69, 9.17) is 14.2 Å². The van der Waals surface area contributed by atoms with Crippen LogP contribution < -0.4 is 14.2 Å².